The molecule has 0 unspecified atom stereocenters. The van der Waals surface area contributed by atoms with Gasteiger partial charge in [-0.1, -0.05) is 82.1 Å². The van der Waals surface area contributed by atoms with Crippen LogP contribution in [0.1, 0.15) is 56.7 Å². The highest BCUT2D eigenvalue weighted by Crippen LogP contribution is 2.33. The number of hydrogen-bond acceptors (Lipinski definition) is 6. The van der Waals surface area contributed by atoms with Crippen LogP contribution in [0.2, 0.25) is 51.4 Å². The Balaban J connectivity index is 1.53. The van der Waals surface area contributed by atoms with Crippen molar-refractivity contribution in [1.82, 2.24) is 0 Å². The lowest BCUT2D eigenvalue weighted by atomic mass is 9.78. The summed E-state index contributed by atoms with van der Waals surface area (Å²) in [6.45, 7) is 20.2. The highest BCUT2D eigenvalue weighted by Gasteiger charge is 2.39. The highest BCUT2D eigenvalue weighted by molar-refractivity contribution is 6.87. The predicted molar refractivity (Wildman–Crippen MR) is 192 cm³/mol. The molecule has 0 saturated carbocycles. The van der Waals surface area contributed by atoms with Crippen molar-refractivity contribution >= 4 is 31.4 Å². The summed E-state index contributed by atoms with van der Waals surface area (Å²) < 4.78 is 30.1. The molecule has 0 radical (unpaired) electrons. The zero-order chi connectivity index (χ0) is 33.3. The number of aryl methyl sites for hydroxylation is 1. The first-order chi connectivity index (χ1) is 21.1. The molecule has 3 rings (SSSR count). The second-order valence-electron chi connectivity index (χ2n) is 14.0. The Labute approximate surface area is 274 Å². The van der Waals surface area contributed by atoms with Gasteiger partial charge in [-0.2, -0.15) is 0 Å². The van der Waals surface area contributed by atoms with Gasteiger partial charge in [0.25, 0.3) is 0 Å². The Morgan fingerprint density at radius 2 is 1.29 bits per heavy atom. The van der Waals surface area contributed by atoms with Gasteiger partial charge in [0.2, 0.25) is 0 Å². The number of carbonyl (C=O) groups excluding carboxylic acids is 1. The molecule has 3 aromatic rings. The lowest BCUT2D eigenvalue weighted by Crippen LogP contribution is -2.52. The van der Waals surface area contributed by atoms with Crippen molar-refractivity contribution < 1.29 is 27.2 Å². The van der Waals surface area contributed by atoms with Gasteiger partial charge in [0.1, 0.15) is 5.75 Å². The Kier molecular flexibility index (Phi) is 12.9. The van der Waals surface area contributed by atoms with Crippen LogP contribution in [-0.2, 0) is 20.1 Å². The minimum absolute atomic E-state index is 0.181. The Hall–Kier alpha value is -2.70. The van der Waals surface area contributed by atoms with E-state index in [0.717, 1.165) is 30.0 Å². The van der Waals surface area contributed by atoms with Gasteiger partial charge in [-0.15, -0.1) is 0 Å². The van der Waals surface area contributed by atoms with E-state index in [4.69, 9.17) is 22.4 Å². The molecule has 0 fully saturated rings. The normalized spacial score (nSPS) is 12.6. The fourth-order valence-electron chi connectivity index (χ4n) is 5.89. The molecule has 0 bridgehead atoms. The van der Waals surface area contributed by atoms with E-state index in [1.165, 1.54) is 24.4 Å². The number of benzene rings is 3. The summed E-state index contributed by atoms with van der Waals surface area (Å²) in [6, 6.07) is 25.8. The van der Waals surface area contributed by atoms with E-state index >= 15 is 0 Å². The van der Waals surface area contributed by atoms with Crippen LogP contribution >= 0.6 is 0 Å². The summed E-state index contributed by atoms with van der Waals surface area (Å²) in [5.41, 5.74) is 3.28. The largest absolute Gasteiger partial charge is 0.519 e. The third kappa shape index (κ3) is 11.6. The maximum Gasteiger partial charge on any atom is 0.519 e. The number of unbranched alkanes of at least 4 members (excludes halogenated alkanes) is 1. The van der Waals surface area contributed by atoms with Gasteiger partial charge in [-0.3, -0.25) is 0 Å². The molecule has 0 N–H and O–H groups in total. The van der Waals surface area contributed by atoms with Gasteiger partial charge in [-0.05, 0) is 105 Å². The van der Waals surface area contributed by atoms with Gasteiger partial charge in [-0.25, -0.2) is 4.79 Å². The number of methoxy groups -OCH3 is 1. The first-order valence-corrected chi connectivity index (χ1v) is 25.2. The SMILES string of the molecule is CCCC[Si](C)(C)O[Si](C)(C)O[Si](C)(C)CCCc1ccc(OC(=O)Oc2ccc(C(C)(C)c3ccccc3)cc2)c(OC)c1. The van der Waals surface area contributed by atoms with Crippen LogP contribution in [0.3, 0.4) is 0 Å². The highest BCUT2D eigenvalue weighted by atomic mass is 28.5. The summed E-state index contributed by atoms with van der Waals surface area (Å²) in [4.78, 5) is 12.7. The average Bonchev–Trinajstić information content (AvgIpc) is 2.96. The monoisotopic (exact) mass is 666 g/mol. The van der Waals surface area contributed by atoms with Gasteiger partial charge in [0.05, 0.1) is 7.11 Å². The molecule has 0 aliphatic carbocycles. The minimum atomic E-state index is -2.20. The van der Waals surface area contributed by atoms with E-state index in [0.29, 0.717) is 17.2 Å². The molecule has 45 heavy (non-hydrogen) atoms. The van der Waals surface area contributed by atoms with E-state index in [-0.39, 0.29) is 5.41 Å². The topological polar surface area (TPSA) is 63.2 Å². The molecule has 0 spiro atoms. The smallest absolute Gasteiger partial charge is 0.493 e. The Bertz CT molecular complexity index is 1370. The third-order valence-corrected chi connectivity index (χ3v) is 19.6. The second-order valence-corrected chi connectivity index (χ2v) is 26.5. The van der Waals surface area contributed by atoms with E-state index in [1.807, 2.05) is 42.5 Å². The third-order valence-electron chi connectivity index (χ3n) is 8.11. The van der Waals surface area contributed by atoms with E-state index in [9.17, 15) is 4.79 Å². The van der Waals surface area contributed by atoms with Gasteiger partial charge in [0.15, 0.2) is 28.1 Å². The molecule has 3 aromatic carbocycles. The predicted octanol–water partition coefficient (Wildman–Crippen LogP) is 10.5. The zero-order valence-corrected chi connectivity index (χ0v) is 32.1. The number of ether oxygens (including phenoxy) is 3. The van der Waals surface area contributed by atoms with E-state index in [2.05, 4.69) is 72.2 Å². The van der Waals surface area contributed by atoms with E-state index in [1.54, 1.807) is 25.3 Å². The molecule has 0 saturated heterocycles. The lowest BCUT2D eigenvalue weighted by molar-refractivity contribution is 0.150. The standard InChI is InChI=1S/C36H54O6Si3/c1-11-12-26-43(5,6)41-45(9,10)42-44(7,8)27-16-17-29-20-25-33(34(28-29)38-4)40-35(37)39-32-23-21-31(22-24-32)36(2,3)30-18-14-13-15-19-30/h13-15,18-25,28H,11-12,16-17,26-27H2,1-10H3. The maximum absolute atomic E-state index is 12.7. The maximum atomic E-state index is 12.7. The molecule has 0 aliphatic rings. The van der Waals surface area contributed by atoms with Crippen LogP contribution in [0.25, 0.3) is 0 Å². The molecule has 0 heterocycles. The molecule has 0 aliphatic heterocycles. The first-order valence-electron chi connectivity index (χ1n) is 16.2. The molecule has 246 valence electrons. The summed E-state index contributed by atoms with van der Waals surface area (Å²) in [5, 5.41) is 0. The van der Waals surface area contributed by atoms with Gasteiger partial charge >= 0.3 is 14.7 Å². The molecule has 0 atom stereocenters. The van der Waals surface area contributed by atoms with Crippen molar-refractivity contribution in [3.8, 4) is 17.2 Å². The van der Waals surface area contributed by atoms with Gasteiger partial charge < -0.3 is 22.4 Å². The Morgan fingerprint density at radius 3 is 1.87 bits per heavy atom. The zero-order valence-electron chi connectivity index (χ0n) is 29.1. The van der Waals surface area contributed by atoms with Crippen LogP contribution in [0.15, 0.2) is 72.8 Å². The lowest BCUT2D eigenvalue weighted by Gasteiger charge is -2.38. The molecule has 9 heteroatoms. The van der Waals surface area contributed by atoms with Crippen molar-refractivity contribution in [2.75, 3.05) is 7.11 Å². The molecular weight excluding hydrogens is 613 g/mol. The van der Waals surface area contributed by atoms with Crippen molar-refractivity contribution in [2.45, 2.75) is 103 Å². The van der Waals surface area contributed by atoms with Gasteiger partial charge in [0, 0.05) is 5.41 Å². The van der Waals surface area contributed by atoms with Crippen molar-refractivity contribution in [2.24, 2.45) is 0 Å². The van der Waals surface area contributed by atoms with Crippen molar-refractivity contribution in [3.63, 3.8) is 0 Å². The average molecular weight is 667 g/mol. The summed E-state index contributed by atoms with van der Waals surface area (Å²) in [6.07, 6.45) is 3.50. The summed E-state index contributed by atoms with van der Waals surface area (Å²) >= 11 is 0. The minimum Gasteiger partial charge on any atom is -0.493 e. The van der Waals surface area contributed by atoms with Crippen molar-refractivity contribution in [3.05, 3.63) is 89.5 Å². The number of hydrogen-bond donors (Lipinski definition) is 0. The van der Waals surface area contributed by atoms with Crippen LogP contribution in [0.5, 0.6) is 17.2 Å². The fraction of sp³-hybridized carbons (Fsp3) is 0.472. The number of rotatable bonds is 16. The first kappa shape index (κ1) is 36.8. The van der Waals surface area contributed by atoms with Crippen LogP contribution in [0, 0.1) is 0 Å². The molecule has 6 nitrogen and oxygen atoms in total. The van der Waals surface area contributed by atoms with Crippen LogP contribution in [0.4, 0.5) is 4.79 Å². The fourth-order valence-corrected chi connectivity index (χ4v) is 20.1. The molecular formula is C36H54O6Si3. The molecule has 0 amide bonds. The van der Waals surface area contributed by atoms with Crippen LogP contribution in [-0.4, -0.2) is 38.5 Å². The quantitative estimate of drug-likeness (QED) is 0.0861. The van der Waals surface area contributed by atoms with E-state index < -0.39 is 31.4 Å². The molecule has 0 aromatic heterocycles. The second kappa shape index (κ2) is 15.7. The Morgan fingerprint density at radius 1 is 0.711 bits per heavy atom. The van der Waals surface area contributed by atoms with Crippen molar-refractivity contribution in [1.29, 1.82) is 0 Å². The van der Waals surface area contributed by atoms with Crippen LogP contribution < -0.4 is 14.2 Å². The summed E-state index contributed by atoms with van der Waals surface area (Å²) in [7, 11) is -4.25. The number of carbonyl (C=O) groups is 1. The summed E-state index contributed by atoms with van der Waals surface area (Å²) in [5.74, 6) is 1.24.